The molecule has 1 aliphatic heterocycles. The number of piperazine rings is 1. The van der Waals surface area contributed by atoms with Gasteiger partial charge in [-0.2, -0.15) is 4.31 Å². The molecule has 0 N–H and O–H groups in total. The van der Waals surface area contributed by atoms with Crippen LogP contribution in [0.1, 0.15) is 16.7 Å². The Kier molecular flexibility index (Phi) is 6.67. The summed E-state index contributed by atoms with van der Waals surface area (Å²) in [6.45, 7) is 6.67. The van der Waals surface area contributed by atoms with Crippen molar-refractivity contribution >= 4 is 15.9 Å². The average molecular weight is 433 g/mol. The second kappa shape index (κ2) is 9.06. The van der Waals surface area contributed by atoms with Crippen molar-refractivity contribution in [1.29, 1.82) is 0 Å². The lowest BCUT2D eigenvalue weighted by molar-refractivity contribution is -0.134. The fraction of sp³-hybridized carbons (Fsp3) is 0.409. The fourth-order valence-corrected chi connectivity index (χ4v) is 5.16. The zero-order valence-corrected chi connectivity index (χ0v) is 18.7. The molecule has 0 bridgehead atoms. The van der Waals surface area contributed by atoms with Gasteiger partial charge in [-0.1, -0.05) is 18.2 Å². The highest BCUT2D eigenvalue weighted by Gasteiger charge is 2.31. The first-order valence-corrected chi connectivity index (χ1v) is 11.3. The minimum absolute atomic E-state index is 0.122. The lowest BCUT2D eigenvalue weighted by Gasteiger charge is -2.34. The number of rotatable bonds is 6. The van der Waals surface area contributed by atoms with Crippen LogP contribution in [-0.4, -0.2) is 63.4 Å². The highest BCUT2D eigenvalue weighted by atomic mass is 32.2. The van der Waals surface area contributed by atoms with Crippen molar-refractivity contribution in [1.82, 2.24) is 9.21 Å². The van der Waals surface area contributed by atoms with Gasteiger partial charge in [0.2, 0.25) is 10.0 Å². The van der Waals surface area contributed by atoms with E-state index in [1.165, 1.54) is 4.31 Å². The number of sulfonamides is 1. The van der Waals surface area contributed by atoms with Crippen LogP contribution in [0.15, 0.2) is 41.3 Å². The molecular weight excluding hydrogens is 404 g/mol. The lowest BCUT2D eigenvalue weighted by Crippen LogP contribution is -2.51. The first-order chi connectivity index (χ1) is 14.2. The molecule has 0 spiro atoms. The number of carbonyl (C=O) groups is 1. The number of hydrogen-bond donors (Lipinski definition) is 0. The van der Waals surface area contributed by atoms with E-state index in [1.54, 1.807) is 31.1 Å². The van der Waals surface area contributed by atoms with Crippen LogP contribution in [0.25, 0.3) is 0 Å². The van der Waals surface area contributed by atoms with Gasteiger partial charge in [-0.25, -0.2) is 8.42 Å². The minimum atomic E-state index is -3.59. The molecule has 1 amide bonds. The van der Waals surface area contributed by atoms with Crippen molar-refractivity contribution in [3.63, 3.8) is 0 Å². The molecule has 1 fully saturated rings. The molecule has 0 atom stereocenters. The van der Waals surface area contributed by atoms with E-state index < -0.39 is 10.0 Å². The van der Waals surface area contributed by atoms with Gasteiger partial charge in [-0.05, 0) is 55.7 Å². The van der Waals surface area contributed by atoms with Crippen molar-refractivity contribution in [3.05, 3.63) is 53.1 Å². The van der Waals surface area contributed by atoms with Gasteiger partial charge >= 0.3 is 0 Å². The van der Waals surface area contributed by atoms with Crippen molar-refractivity contribution in [3.8, 4) is 11.5 Å². The maximum atomic E-state index is 13.0. The van der Waals surface area contributed by atoms with Gasteiger partial charge in [0.15, 0.2) is 18.1 Å². The number of ether oxygens (including phenoxy) is 2. The predicted molar refractivity (Wildman–Crippen MR) is 114 cm³/mol. The van der Waals surface area contributed by atoms with Crippen LogP contribution >= 0.6 is 0 Å². The molecule has 0 aliphatic carbocycles. The van der Waals surface area contributed by atoms with E-state index in [0.717, 1.165) is 16.7 Å². The Bertz CT molecular complexity index is 1030. The molecule has 162 valence electrons. The fourth-order valence-electron chi connectivity index (χ4n) is 3.43. The normalized spacial score (nSPS) is 15.1. The zero-order chi connectivity index (χ0) is 21.9. The quantitative estimate of drug-likeness (QED) is 0.701. The Labute approximate surface area is 178 Å². The van der Waals surface area contributed by atoms with Crippen LogP contribution in [0.4, 0.5) is 0 Å². The molecule has 7 nitrogen and oxygen atoms in total. The topological polar surface area (TPSA) is 76.2 Å². The molecule has 30 heavy (non-hydrogen) atoms. The molecule has 0 radical (unpaired) electrons. The lowest BCUT2D eigenvalue weighted by atomic mass is 10.2. The van der Waals surface area contributed by atoms with Crippen LogP contribution in [0.3, 0.4) is 0 Å². The molecule has 2 aromatic carbocycles. The summed E-state index contributed by atoms with van der Waals surface area (Å²) in [6.07, 6.45) is 0. The summed E-state index contributed by atoms with van der Waals surface area (Å²) in [4.78, 5) is 14.5. The molecule has 0 saturated carbocycles. The molecule has 1 saturated heterocycles. The van der Waals surface area contributed by atoms with E-state index in [-0.39, 0.29) is 25.6 Å². The maximum Gasteiger partial charge on any atom is 0.260 e. The van der Waals surface area contributed by atoms with Gasteiger partial charge < -0.3 is 14.4 Å². The van der Waals surface area contributed by atoms with Gasteiger partial charge in [0.1, 0.15) is 0 Å². The molecule has 2 aromatic rings. The number of carbonyl (C=O) groups excluding carboxylic acids is 1. The number of benzene rings is 2. The molecular formula is C22H28N2O5S. The molecule has 0 unspecified atom stereocenters. The second-order valence-corrected chi connectivity index (χ2v) is 9.40. The highest BCUT2D eigenvalue weighted by molar-refractivity contribution is 7.89. The zero-order valence-electron chi connectivity index (χ0n) is 17.8. The molecule has 3 rings (SSSR count). The Morgan fingerprint density at radius 1 is 0.933 bits per heavy atom. The molecule has 8 heteroatoms. The third-order valence-corrected chi connectivity index (χ3v) is 7.26. The Morgan fingerprint density at radius 3 is 2.23 bits per heavy atom. The minimum Gasteiger partial charge on any atom is -0.493 e. The smallest absolute Gasteiger partial charge is 0.260 e. The van der Waals surface area contributed by atoms with E-state index in [0.29, 0.717) is 29.5 Å². The first-order valence-electron chi connectivity index (χ1n) is 9.85. The Balaban J connectivity index is 1.60. The largest absolute Gasteiger partial charge is 0.493 e. The van der Waals surface area contributed by atoms with Crippen molar-refractivity contribution in [2.24, 2.45) is 0 Å². The van der Waals surface area contributed by atoms with Crippen LogP contribution in [0.5, 0.6) is 11.5 Å². The molecule has 0 aromatic heterocycles. The summed E-state index contributed by atoms with van der Waals surface area (Å²) >= 11 is 0. The van der Waals surface area contributed by atoms with Gasteiger partial charge in [0.25, 0.3) is 5.91 Å². The summed E-state index contributed by atoms with van der Waals surface area (Å²) < 4.78 is 38.4. The monoisotopic (exact) mass is 432 g/mol. The van der Waals surface area contributed by atoms with E-state index in [2.05, 4.69) is 0 Å². The summed E-state index contributed by atoms with van der Waals surface area (Å²) in [6, 6.07) is 10.9. The Hall–Kier alpha value is -2.58. The standard InChI is InChI=1S/C22H28N2O5S/c1-16-6-8-19(20(13-16)28-4)29-15-22(25)23-9-11-24(12-10-23)30(26,27)21-14-17(2)5-7-18(21)3/h5-8,13-14H,9-12,15H2,1-4H3. The summed E-state index contributed by atoms with van der Waals surface area (Å²) in [5, 5.41) is 0. The second-order valence-electron chi connectivity index (χ2n) is 7.50. The number of hydrogen-bond acceptors (Lipinski definition) is 5. The number of amides is 1. The number of methoxy groups -OCH3 is 1. The van der Waals surface area contributed by atoms with E-state index in [9.17, 15) is 13.2 Å². The van der Waals surface area contributed by atoms with E-state index in [1.807, 2.05) is 38.1 Å². The van der Waals surface area contributed by atoms with Gasteiger partial charge in [-0.3, -0.25) is 4.79 Å². The third kappa shape index (κ3) is 4.76. The SMILES string of the molecule is COc1cc(C)ccc1OCC(=O)N1CCN(S(=O)(=O)c2cc(C)ccc2C)CC1. The van der Waals surface area contributed by atoms with Gasteiger partial charge in [-0.15, -0.1) is 0 Å². The van der Waals surface area contributed by atoms with Crippen LogP contribution in [0, 0.1) is 20.8 Å². The van der Waals surface area contributed by atoms with Gasteiger partial charge in [0.05, 0.1) is 12.0 Å². The third-order valence-electron chi connectivity index (χ3n) is 5.22. The average Bonchev–Trinajstić information content (AvgIpc) is 2.74. The Morgan fingerprint density at radius 2 is 1.57 bits per heavy atom. The summed E-state index contributed by atoms with van der Waals surface area (Å²) in [7, 11) is -2.03. The highest BCUT2D eigenvalue weighted by Crippen LogP contribution is 2.28. The van der Waals surface area contributed by atoms with Crippen LogP contribution in [-0.2, 0) is 14.8 Å². The van der Waals surface area contributed by atoms with Crippen molar-refractivity contribution in [2.45, 2.75) is 25.7 Å². The van der Waals surface area contributed by atoms with E-state index in [4.69, 9.17) is 9.47 Å². The summed E-state index contributed by atoms with van der Waals surface area (Å²) in [5.41, 5.74) is 2.66. The number of nitrogens with zero attached hydrogens (tertiary/aromatic N) is 2. The van der Waals surface area contributed by atoms with Crippen LogP contribution < -0.4 is 9.47 Å². The maximum absolute atomic E-state index is 13.0. The predicted octanol–water partition coefficient (Wildman–Crippen LogP) is 2.53. The van der Waals surface area contributed by atoms with Crippen molar-refractivity contribution in [2.75, 3.05) is 39.9 Å². The van der Waals surface area contributed by atoms with E-state index >= 15 is 0 Å². The summed E-state index contributed by atoms with van der Waals surface area (Å²) in [5.74, 6) is 0.904. The van der Waals surface area contributed by atoms with Gasteiger partial charge in [0, 0.05) is 26.2 Å². The molecule has 1 heterocycles. The first kappa shape index (κ1) is 22.1. The van der Waals surface area contributed by atoms with Crippen molar-refractivity contribution < 1.29 is 22.7 Å². The number of aryl methyl sites for hydroxylation is 3. The van der Waals surface area contributed by atoms with Crippen LogP contribution in [0.2, 0.25) is 0 Å². The molecule has 1 aliphatic rings.